The molecule has 2 heterocycles. The van der Waals surface area contributed by atoms with E-state index in [1.54, 1.807) is 18.5 Å². The van der Waals surface area contributed by atoms with Crippen LogP contribution in [0.3, 0.4) is 0 Å². The van der Waals surface area contributed by atoms with Crippen LogP contribution < -0.4 is 5.69 Å². The number of hydrogen-bond acceptors (Lipinski definition) is 2. The van der Waals surface area contributed by atoms with E-state index in [1.165, 1.54) is 11.0 Å². The quantitative estimate of drug-likeness (QED) is 0.926. The second-order valence-corrected chi connectivity index (χ2v) is 6.01. The maximum atomic E-state index is 12.7. The average molecular weight is 299 g/mol. The number of carbonyl (C=O) groups is 1. The Hall–Kier alpha value is -2.30. The highest BCUT2D eigenvalue weighted by molar-refractivity contribution is 5.94. The van der Waals surface area contributed by atoms with Crippen molar-refractivity contribution in [1.82, 2.24) is 14.5 Å². The Morgan fingerprint density at radius 2 is 2.14 bits per heavy atom. The lowest BCUT2D eigenvalue weighted by Crippen LogP contribution is -2.32. The van der Waals surface area contributed by atoms with Gasteiger partial charge >= 0.3 is 5.69 Å². The zero-order chi connectivity index (χ0) is 15.5. The van der Waals surface area contributed by atoms with Crippen LogP contribution in [0.5, 0.6) is 0 Å². The number of carbonyl (C=O) groups excluding carboxylic acids is 1. The van der Waals surface area contributed by atoms with Gasteiger partial charge in [0.15, 0.2) is 0 Å². The van der Waals surface area contributed by atoms with E-state index in [2.05, 4.69) is 11.9 Å². The Kier molecular flexibility index (Phi) is 4.13. The summed E-state index contributed by atoms with van der Waals surface area (Å²) < 4.78 is 1.50. The summed E-state index contributed by atoms with van der Waals surface area (Å²) in [5.74, 6) is 0.738. The van der Waals surface area contributed by atoms with Gasteiger partial charge in [-0.2, -0.15) is 0 Å². The molecule has 1 amide bonds. The normalized spacial score (nSPS) is 19.0. The van der Waals surface area contributed by atoms with E-state index in [4.69, 9.17) is 0 Å². The summed E-state index contributed by atoms with van der Waals surface area (Å²) in [6.45, 7) is 3.87. The summed E-state index contributed by atoms with van der Waals surface area (Å²) in [5.41, 5.74) is 1.15. The van der Waals surface area contributed by atoms with E-state index in [9.17, 15) is 9.59 Å². The minimum Gasteiger partial charge on any atom is -0.339 e. The van der Waals surface area contributed by atoms with Crippen LogP contribution in [-0.2, 0) is 0 Å². The topological polar surface area (TPSA) is 58.1 Å². The molecule has 1 aliphatic rings. The molecule has 1 aliphatic heterocycles. The summed E-state index contributed by atoms with van der Waals surface area (Å²) >= 11 is 0. The van der Waals surface area contributed by atoms with Gasteiger partial charge in [-0.05, 0) is 43.4 Å². The van der Waals surface area contributed by atoms with E-state index in [0.717, 1.165) is 25.9 Å². The van der Waals surface area contributed by atoms with Crippen molar-refractivity contribution in [3.63, 3.8) is 0 Å². The van der Waals surface area contributed by atoms with E-state index in [1.807, 2.05) is 23.1 Å². The van der Waals surface area contributed by atoms with Crippen LogP contribution in [0.1, 0.15) is 36.5 Å². The Labute approximate surface area is 129 Å². The number of aromatic nitrogens is 2. The van der Waals surface area contributed by atoms with Crippen LogP contribution in [0.2, 0.25) is 0 Å². The summed E-state index contributed by atoms with van der Waals surface area (Å²) in [6, 6.07) is 7.25. The predicted octanol–water partition coefficient (Wildman–Crippen LogP) is 2.43. The molecule has 22 heavy (non-hydrogen) atoms. The van der Waals surface area contributed by atoms with Crippen molar-refractivity contribution in [3.05, 3.63) is 52.7 Å². The van der Waals surface area contributed by atoms with Gasteiger partial charge in [0, 0.05) is 31.0 Å². The third kappa shape index (κ3) is 2.98. The molecule has 1 fully saturated rings. The summed E-state index contributed by atoms with van der Waals surface area (Å²) in [6.07, 6.45) is 6.56. The summed E-state index contributed by atoms with van der Waals surface area (Å²) in [4.78, 5) is 28.9. The molecular weight excluding hydrogens is 278 g/mol. The van der Waals surface area contributed by atoms with Gasteiger partial charge in [-0.1, -0.05) is 13.0 Å². The number of nitrogens with zero attached hydrogens (tertiary/aromatic N) is 2. The van der Waals surface area contributed by atoms with E-state index in [0.29, 0.717) is 17.2 Å². The molecule has 5 nitrogen and oxygen atoms in total. The van der Waals surface area contributed by atoms with Crippen LogP contribution in [-0.4, -0.2) is 33.4 Å². The smallest absolute Gasteiger partial charge is 0.330 e. The summed E-state index contributed by atoms with van der Waals surface area (Å²) in [7, 11) is 0. The number of H-pyrrole nitrogens is 1. The Balaban J connectivity index is 1.84. The van der Waals surface area contributed by atoms with Crippen molar-refractivity contribution < 1.29 is 4.79 Å². The SMILES string of the molecule is CC1CCCN(C(=O)c2cccc(-n3cc[nH]c3=O)c2)CC1. The van der Waals surface area contributed by atoms with E-state index >= 15 is 0 Å². The number of likely N-dealkylation sites (tertiary alicyclic amines) is 1. The fourth-order valence-electron chi connectivity index (χ4n) is 2.96. The van der Waals surface area contributed by atoms with Crippen LogP contribution >= 0.6 is 0 Å². The zero-order valence-electron chi connectivity index (χ0n) is 12.8. The number of rotatable bonds is 2. The van der Waals surface area contributed by atoms with Gasteiger partial charge in [0.05, 0.1) is 5.69 Å². The molecule has 1 aromatic carbocycles. The number of imidazole rings is 1. The molecule has 1 unspecified atom stereocenters. The van der Waals surface area contributed by atoms with Gasteiger partial charge in [0.25, 0.3) is 5.91 Å². The molecule has 116 valence electrons. The van der Waals surface area contributed by atoms with E-state index < -0.39 is 0 Å². The molecule has 0 bridgehead atoms. The van der Waals surface area contributed by atoms with Gasteiger partial charge in [0.1, 0.15) is 0 Å². The molecule has 5 heteroatoms. The van der Waals surface area contributed by atoms with Gasteiger partial charge in [-0.25, -0.2) is 4.79 Å². The highest BCUT2D eigenvalue weighted by atomic mass is 16.2. The lowest BCUT2D eigenvalue weighted by Gasteiger charge is -2.20. The highest BCUT2D eigenvalue weighted by Gasteiger charge is 2.20. The first-order valence-corrected chi connectivity index (χ1v) is 7.81. The van der Waals surface area contributed by atoms with Gasteiger partial charge in [-0.3, -0.25) is 9.36 Å². The van der Waals surface area contributed by atoms with Crippen LogP contribution in [0.4, 0.5) is 0 Å². The second kappa shape index (κ2) is 6.22. The molecule has 0 saturated carbocycles. The van der Waals surface area contributed by atoms with Crippen molar-refractivity contribution in [2.24, 2.45) is 5.92 Å². The predicted molar refractivity (Wildman–Crippen MR) is 85.3 cm³/mol. The van der Waals surface area contributed by atoms with Gasteiger partial charge < -0.3 is 9.88 Å². The van der Waals surface area contributed by atoms with Crippen molar-refractivity contribution in [3.8, 4) is 5.69 Å². The molecule has 1 saturated heterocycles. The zero-order valence-corrected chi connectivity index (χ0v) is 12.8. The first-order valence-electron chi connectivity index (χ1n) is 7.81. The van der Waals surface area contributed by atoms with Crippen LogP contribution in [0.25, 0.3) is 5.69 Å². The fraction of sp³-hybridized carbons (Fsp3) is 0.412. The number of nitrogens with one attached hydrogen (secondary N) is 1. The molecule has 2 aromatic rings. The number of benzene rings is 1. The first kappa shape index (κ1) is 14.6. The third-order valence-corrected chi connectivity index (χ3v) is 4.32. The molecule has 1 N–H and O–H groups in total. The van der Waals surface area contributed by atoms with Crippen molar-refractivity contribution in [2.75, 3.05) is 13.1 Å². The maximum absolute atomic E-state index is 12.7. The number of amides is 1. The van der Waals surface area contributed by atoms with Gasteiger partial charge in [0.2, 0.25) is 0 Å². The summed E-state index contributed by atoms with van der Waals surface area (Å²) in [5, 5.41) is 0. The lowest BCUT2D eigenvalue weighted by molar-refractivity contribution is 0.0760. The Bertz CT molecular complexity index is 716. The number of hydrogen-bond donors (Lipinski definition) is 1. The second-order valence-electron chi connectivity index (χ2n) is 6.01. The lowest BCUT2D eigenvalue weighted by atomic mass is 10.0. The van der Waals surface area contributed by atoms with Gasteiger partial charge in [-0.15, -0.1) is 0 Å². The largest absolute Gasteiger partial charge is 0.339 e. The fourth-order valence-corrected chi connectivity index (χ4v) is 2.96. The third-order valence-electron chi connectivity index (χ3n) is 4.32. The molecule has 3 rings (SSSR count). The highest BCUT2D eigenvalue weighted by Crippen LogP contribution is 2.19. The molecule has 0 radical (unpaired) electrons. The standard InChI is InChI=1S/C17H21N3O2/c1-13-4-3-9-19(10-7-13)16(21)14-5-2-6-15(12-14)20-11-8-18-17(20)22/h2,5-6,8,11-13H,3-4,7,9-10H2,1H3,(H,18,22). The molecule has 1 aromatic heterocycles. The Morgan fingerprint density at radius 3 is 2.91 bits per heavy atom. The van der Waals surface area contributed by atoms with Crippen molar-refractivity contribution in [2.45, 2.75) is 26.2 Å². The maximum Gasteiger partial charge on any atom is 0.330 e. The molecular formula is C17H21N3O2. The van der Waals surface area contributed by atoms with Crippen LogP contribution in [0.15, 0.2) is 41.5 Å². The van der Waals surface area contributed by atoms with Crippen molar-refractivity contribution >= 4 is 5.91 Å². The molecule has 0 aliphatic carbocycles. The minimum absolute atomic E-state index is 0.0551. The number of aromatic amines is 1. The van der Waals surface area contributed by atoms with Crippen LogP contribution in [0, 0.1) is 5.92 Å². The minimum atomic E-state index is -0.201. The van der Waals surface area contributed by atoms with E-state index in [-0.39, 0.29) is 11.6 Å². The molecule has 1 atom stereocenters. The Morgan fingerprint density at radius 1 is 1.27 bits per heavy atom. The monoisotopic (exact) mass is 299 g/mol. The molecule has 0 spiro atoms. The van der Waals surface area contributed by atoms with Crippen molar-refractivity contribution in [1.29, 1.82) is 0 Å². The average Bonchev–Trinajstić information content (AvgIpc) is 2.84. The first-order chi connectivity index (χ1) is 10.6.